The Kier molecular flexibility index (Phi) is 13.9. The van der Waals surface area contributed by atoms with E-state index in [0.717, 1.165) is 82.6 Å². The molecule has 0 radical (unpaired) electrons. The number of carbonyl (C=O) groups excluding carboxylic acids is 2. The molecule has 0 aromatic rings. The van der Waals surface area contributed by atoms with Crippen LogP contribution in [0.4, 0.5) is 0 Å². The maximum Gasteiger partial charge on any atom is 0.145 e. The van der Waals surface area contributed by atoms with Crippen LogP contribution in [-0.4, -0.2) is 11.6 Å². The van der Waals surface area contributed by atoms with Crippen LogP contribution in [0.2, 0.25) is 0 Å². The monoisotopic (exact) mass is 825 g/mol. The summed E-state index contributed by atoms with van der Waals surface area (Å²) in [6.07, 6.45) is 49.8. The zero-order valence-corrected chi connectivity index (χ0v) is 40.2. The van der Waals surface area contributed by atoms with Crippen molar-refractivity contribution in [3.05, 3.63) is 0 Å². The van der Waals surface area contributed by atoms with E-state index in [1.54, 1.807) is 0 Å². The molecule has 0 saturated heterocycles. The highest BCUT2D eigenvalue weighted by molar-refractivity contribution is 5.97. The molecular formula is C58H96O2. The van der Waals surface area contributed by atoms with Crippen molar-refractivity contribution in [1.29, 1.82) is 0 Å². The molecule has 0 heterocycles. The summed E-state index contributed by atoms with van der Waals surface area (Å²) in [6, 6.07) is 0. The van der Waals surface area contributed by atoms with Gasteiger partial charge in [0.2, 0.25) is 0 Å². The highest BCUT2D eigenvalue weighted by Crippen LogP contribution is 2.67. The number of rotatable bonds is 6. The van der Waals surface area contributed by atoms with Crippen LogP contribution in [-0.2, 0) is 9.59 Å². The fourth-order valence-corrected chi connectivity index (χ4v) is 18.5. The minimum Gasteiger partial charge on any atom is -0.298 e. The first kappa shape index (κ1) is 44.5. The SMILES string of the molecule is CC1CCC(C2CCC3(CC2)CC2(CCC(C4CCC(C)CC4)CC2)C3=O)CC1.CCC1CCC(C2CCC3(CC2)CC2(CCC(C4CCC(CC)CC4)CC2)C3=O)CC1. The van der Waals surface area contributed by atoms with Gasteiger partial charge in [-0.25, -0.2) is 0 Å². The lowest BCUT2D eigenvalue weighted by Gasteiger charge is -2.60. The number of ketones is 2. The van der Waals surface area contributed by atoms with E-state index in [1.165, 1.54) is 231 Å². The maximum absolute atomic E-state index is 13.6. The predicted molar refractivity (Wildman–Crippen MR) is 251 cm³/mol. The first-order chi connectivity index (χ1) is 29.1. The third kappa shape index (κ3) is 8.86. The van der Waals surface area contributed by atoms with Crippen molar-refractivity contribution in [2.75, 3.05) is 0 Å². The summed E-state index contributed by atoms with van der Waals surface area (Å²) < 4.78 is 0. The van der Waals surface area contributed by atoms with Gasteiger partial charge in [-0.3, -0.25) is 9.59 Å². The van der Waals surface area contributed by atoms with Crippen molar-refractivity contribution in [1.82, 2.24) is 0 Å². The van der Waals surface area contributed by atoms with E-state index in [-0.39, 0.29) is 21.7 Å². The second-order valence-corrected chi connectivity index (χ2v) is 25.9. The predicted octanol–water partition coefficient (Wildman–Crippen LogP) is 16.7. The molecular weight excluding hydrogens is 729 g/mol. The van der Waals surface area contributed by atoms with Crippen molar-refractivity contribution >= 4 is 11.6 Å². The lowest BCUT2D eigenvalue weighted by atomic mass is 9.42. The molecule has 10 fully saturated rings. The van der Waals surface area contributed by atoms with Crippen molar-refractivity contribution < 1.29 is 9.59 Å². The zero-order valence-electron chi connectivity index (χ0n) is 40.2. The summed E-state index contributed by atoms with van der Waals surface area (Å²) in [5.74, 6) is 13.2. The fraction of sp³-hybridized carbons (Fsp3) is 0.966. The first-order valence-corrected chi connectivity index (χ1v) is 28.2. The van der Waals surface area contributed by atoms with Crippen LogP contribution < -0.4 is 0 Å². The van der Waals surface area contributed by atoms with Gasteiger partial charge in [-0.1, -0.05) is 91.9 Å². The van der Waals surface area contributed by atoms with Crippen LogP contribution in [0, 0.1) is 92.7 Å². The van der Waals surface area contributed by atoms with Crippen molar-refractivity contribution in [2.24, 2.45) is 92.7 Å². The smallest absolute Gasteiger partial charge is 0.145 e. The average Bonchev–Trinajstić information content (AvgIpc) is 3.30. The Morgan fingerprint density at radius 2 is 0.517 bits per heavy atom. The van der Waals surface area contributed by atoms with Gasteiger partial charge in [0.05, 0.1) is 0 Å². The summed E-state index contributed by atoms with van der Waals surface area (Å²) in [7, 11) is 0. The molecule has 2 heteroatoms. The molecule has 60 heavy (non-hydrogen) atoms. The minimum atomic E-state index is 0.142. The van der Waals surface area contributed by atoms with Gasteiger partial charge in [-0.05, 0) is 238 Å². The average molecular weight is 825 g/mol. The van der Waals surface area contributed by atoms with E-state index in [0.29, 0.717) is 0 Å². The van der Waals surface area contributed by atoms with Gasteiger partial charge < -0.3 is 0 Å². The standard InChI is InChI=1S/C30H50O.C28H46O/c1-3-22-5-9-24(10-6-22)26-13-17-29(18-14-26)21-30(28(29)31)19-15-27(16-20-30)25-11-7-23(4-2)8-12-25;1-20-3-7-22(8-4-20)24-11-15-27(16-12-24)19-28(26(27)29)17-13-25(14-18-28)23-9-5-21(2)6-10-23/h22-27H,3-21H2,1-2H3;20-25H,3-19H2,1-2H3. The van der Waals surface area contributed by atoms with Gasteiger partial charge in [-0.2, -0.15) is 0 Å². The quantitative estimate of drug-likeness (QED) is 0.267. The third-order valence-corrected chi connectivity index (χ3v) is 23.0. The normalized spacial score (nSPS) is 49.9. The lowest BCUT2D eigenvalue weighted by molar-refractivity contribution is -0.170. The zero-order chi connectivity index (χ0) is 41.5. The van der Waals surface area contributed by atoms with Gasteiger partial charge in [0.1, 0.15) is 11.6 Å². The van der Waals surface area contributed by atoms with Crippen LogP contribution >= 0.6 is 0 Å². The molecule has 0 bridgehead atoms. The van der Waals surface area contributed by atoms with Crippen molar-refractivity contribution in [2.45, 2.75) is 259 Å². The molecule has 340 valence electrons. The van der Waals surface area contributed by atoms with E-state index >= 15 is 0 Å². The van der Waals surface area contributed by atoms with Crippen LogP contribution in [0.25, 0.3) is 0 Å². The van der Waals surface area contributed by atoms with Gasteiger partial charge in [0.25, 0.3) is 0 Å². The topological polar surface area (TPSA) is 34.1 Å². The Morgan fingerprint density at radius 3 is 0.717 bits per heavy atom. The summed E-state index contributed by atoms with van der Waals surface area (Å²) in [5, 5.41) is 0. The summed E-state index contributed by atoms with van der Waals surface area (Å²) in [4.78, 5) is 27.2. The van der Waals surface area contributed by atoms with Crippen LogP contribution in [0.15, 0.2) is 0 Å². The first-order valence-electron chi connectivity index (χ1n) is 28.2. The summed E-state index contributed by atoms with van der Waals surface area (Å²) in [6.45, 7) is 9.61. The Balaban J connectivity index is 0.000000154. The van der Waals surface area contributed by atoms with E-state index in [1.807, 2.05) is 0 Å². The third-order valence-electron chi connectivity index (χ3n) is 23.0. The second-order valence-electron chi connectivity index (χ2n) is 25.9. The highest BCUT2D eigenvalue weighted by atomic mass is 16.1. The Hall–Kier alpha value is -0.660. The molecule has 4 spiro atoms. The van der Waals surface area contributed by atoms with Gasteiger partial charge >= 0.3 is 0 Å². The minimum absolute atomic E-state index is 0.142. The molecule has 10 saturated carbocycles. The maximum atomic E-state index is 13.6. The number of hydrogen-bond donors (Lipinski definition) is 0. The van der Waals surface area contributed by atoms with Gasteiger partial charge in [0, 0.05) is 21.7 Å². The Labute approximate surface area is 371 Å². The largest absolute Gasteiger partial charge is 0.298 e. The van der Waals surface area contributed by atoms with Crippen LogP contribution in [0.3, 0.4) is 0 Å². The van der Waals surface area contributed by atoms with E-state index in [9.17, 15) is 9.59 Å². The van der Waals surface area contributed by atoms with Crippen molar-refractivity contribution in [3.63, 3.8) is 0 Å². The van der Waals surface area contributed by atoms with E-state index in [2.05, 4.69) is 27.7 Å². The molecule has 2 nitrogen and oxygen atoms in total. The number of hydrogen-bond acceptors (Lipinski definition) is 2. The van der Waals surface area contributed by atoms with Crippen molar-refractivity contribution in [3.8, 4) is 0 Å². The molecule has 10 aliphatic rings. The molecule has 0 N–H and O–H groups in total. The Bertz CT molecular complexity index is 1290. The molecule has 10 rings (SSSR count). The van der Waals surface area contributed by atoms with Gasteiger partial charge in [-0.15, -0.1) is 0 Å². The molecule has 0 atom stereocenters. The van der Waals surface area contributed by atoms with Crippen LogP contribution in [0.1, 0.15) is 259 Å². The van der Waals surface area contributed by atoms with Gasteiger partial charge in [0.15, 0.2) is 0 Å². The molecule has 0 unspecified atom stereocenters. The van der Waals surface area contributed by atoms with Crippen LogP contribution in [0.5, 0.6) is 0 Å². The molecule has 0 amide bonds. The molecule has 0 aromatic carbocycles. The second kappa shape index (κ2) is 18.7. The fourth-order valence-electron chi connectivity index (χ4n) is 18.5. The lowest BCUT2D eigenvalue weighted by Crippen LogP contribution is -2.60. The highest BCUT2D eigenvalue weighted by Gasteiger charge is 2.65. The van der Waals surface area contributed by atoms with E-state index in [4.69, 9.17) is 0 Å². The molecule has 0 aromatic heterocycles. The number of carbonyl (C=O) groups is 2. The van der Waals surface area contributed by atoms with E-state index < -0.39 is 0 Å². The number of Topliss-reactive ketones (excluding diaryl/α,β-unsaturated/α-hetero) is 2. The Morgan fingerprint density at radius 1 is 0.317 bits per heavy atom. The summed E-state index contributed by atoms with van der Waals surface area (Å²) in [5.41, 5.74) is 0.573. The summed E-state index contributed by atoms with van der Waals surface area (Å²) >= 11 is 0. The molecule has 0 aliphatic heterocycles. The molecule has 10 aliphatic carbocycles.